The molecule has 5 nitrogen and oxygen atoms in total. The Morgan fingerprint density at radius 1 is 1.33 bits per heavy atom. The van der Waals surface area contributed by atoms with Crippen LogP contribution in [0, 0.1) is 0 Å². The van der Waals surface area contributed by atoms with E-state index in [0.29, 0.717) is 12.6 Å². The van der Waals surface area contributed by atoms with Crippen molar-refractivity contribution < 1.29 is 14.7 Å². The third-order valence-corrected chi connectivity index (χ3v) is 3.47. The number of hydrogen-bond acceptors (Lipinski definition) is 2. The lowest BCUT2D eigenvalue weighted by molar-refractivity contribution is -0.137. The minimum absolute atomic E-state index is 0.113. The number of rotatable bonds is 5. The lowest BCUT2D eigenvalue weighted by Gasteiger charge is -2.38. The van der Waals surface area contributed by atoms with Crippen LogP contribution in [0.15, 0.2) is 0 Å². The second-order valence-corrected chi connectivity index (χ2v) is 4.82. The number of piperidine rings is 1. The zero-order chi connectivity index (χ0) is 13.5. The molecule has 0 aromatic rings. The van der Waals surface area contributed by atoms with Gasteiger partial charge in [-0.1, -0.05) is 13.3 Å². The van der Waals surface area contributed by atoms with E-state index in [2.05, 4.69) is 6.92 Å². The second kappa shape index (κ2) is 7.24. The van der Waals surface area contributed by atoms with Crippen molar-refractivity contribution in [2.45, 2.75) is 52.0 Å². The molecule has 104 valence electrons. The number of carbonyl (C=O) groups excluding carboxylic acids is 1. The normalized spacial score (nSPS) is 19.7. The van der Waals surface area contributed by atoms with Gasteiger partial charge in [0, 0.05) is 19.1 Å². The average molecular weight is 256 g/mol. The first-order chi connectivity index (χ1) is 8.60. The van der Waals surface area contributed by atoms with Gasteiger partial charge in [0.15, 0.2) is 0 Å². The highest BCUT2D eigenvalue weighted by atomic mass is 16.4. The Balaban J connectivity index is 2.68. The van der Waals surface area contributed by atoms with Gasteiger partial charge in [-0.15, -0.1) is 0 Å². The average Bonchev–Trinajstić information content (AvgIpc) is 2.36. The molecule has 1 saturated heterocycles. The van der Waals surface area contributed by atoms with E-state index in [1.807, 2.05) is 11.8 Å². The van der Waals surface area contributed by atoms with Gasteiger partial charge >= 0.3 is 12.0 Å². The number of carboxylic acids is 1. The molecule has 2 amide bonds. The van der Waals surface area contributed by atoms with Crippen LogP contribution in [0.25, 0.3) is 0 Å². The number of likely N-dealkylation sites (tertiary alicyclic amines) is 1. The monoisotopic (exact) mass is 256 g/mol. The van der Waals surface area contributed by atoms with Crippen molar-refractivity contribution in [1.82, 2.24) is 9.80 Å². The number of carbonyl (C=O) groups is 2. The molecule has 1 N–H and O–H groups in total. The van der Waals surface area contributed by atoms with Crippen LogP contribution >= 0.6 is 0 Å². The quantitative estimate of drug-likeness (QED) is 0.820. The van der Waals surface area contributed by atoms with E-state index in [0.717, 1.165) is 32.2 Å². The summed E-state index contributed by atoms with van der Waals surface area (Å²) < 4.78 is 0. The van der Waals surface area contributed by atoms with Gasteiger partial charge in [-0.05, 0) is 32.6 Å². The van der Waals surface area contributed by atoms with Crippen molar-refractivity contribution in [2.24, 2.45) is 0 Å². The van der Waals surface area contributed by atoms with Crippen LogP contribution in [0.4, 0.5) is 4.79 Å². The largest absolute Gasteiger partial charge is 0.480 e. The molecule has 5 heteroatoms. The molecular weight excluding hydrogens is 232 g/mol. The summed E-state index contributed by atoms with van der Waals surface area (Å²) in [5, 5.41) is 8.82. The first-order valence-electron chi connectivity index (χ1n) is 6.87. The zero-order valence-corrected chi connectivity index (χ0v) is 11.4. The Hall–Kier alpha value is -1.26. The highest BCUT2D eigenvalue weighted by Gasteiger charge is 2.29. The van der Waals surface area contributed by atoms with Crippen molar-refractivity contribution in [3.05, 3.63) is 0 Å². The van der Waals surface area contributed by atoms with Crippen molar-refractivity contribution >= 4 is 12.0 Å². The van der Waals surface area contributed by atoms with Crippen molar-refractivity contribution in [3.8, 4) is 0 Å². The maximum absolute atomic E-state index is 12.3. The Morgan fingerprint density at radius 2 is 2.06 bits per heavy atom. The van der Waals surface area contributed by atoms with E-state index in [1.54, 1.807) is 0 Å². The SMILES string of the molecule is CCCC1CCCCN1C(=O)N(CC)CC(=O)O. The van der Waals surface area contributed by atoms with Crippen LogP contribution in [-0.2, 0) is 4.79 Å². The minimum atomic E-state index is -0.950. The van der Waals surface area contributed by atoms with Gasteiger partial charge in [0.2, 0.25) is 0 Å². The fourth-order valence-electron chi connectivity index (χ4n) is 2.55. The molecule has 0 bridgehead atoms. The van der Waals surface area contributed by atoms with Crippen LogP contribution < -0.4 is 0 Å². The summed E-state index contributed by atoms with van der Waals surface area (Å²) >= 11 is 0. The molecule has 0 spiro atoms. The molecule has 18 heavy (non-hydrogen) atoms. The van der Waals surface area contributed by atoms with Crippen LogP contribution in [0.2, 0.25) is 0 Å². The van der Waals surface area contributed by atoms with Gasteiger partial charge in [0.25, 0.3) is 0 Å². The summed E-state index contributed by atoms with van der Waals surface area (Å²) in [4.78, 5) is 26.4. The standard InChI is InChI=1S/C13H24N2O3/c1-3-7-11-8-5-6-9-15(11)13(18)14(4-2)10-12(16)17/h11H,3-10H2,1-2H3,(H,16,17). The molecule has 1 fully saturated rings. The molecule has 1 atom stereocenters. The molecule has 0 aliphatic carbocycles. The van der Waals surface area contributed by atoms with E-state index < -0.39 is 5.97 Å². The smallest absolute Gasteiger partial charge is 0.323 e. The molecule has 1 aliphatic rings. The van der Waals surface area contributed by atoms with Crippen LogP contribution in [0.3, 0.4) is 0 Å². The number of aliphatic carboxylic acids is 1. The Kier molecular flexibility index (Phi) is 5.95. The first-order valence-corrected chi connectivity index (χ1v) is 6.87. The highest BCUT2D eigenvalue weighted by Crippen LogP contribution is 2.22. The summed E-state index contributed by atoms with van der Waals surface area (Å²) in [5.74, 6) is -0.950. The number of likely N-dealkylation sites (N-methyl/N-ethyl adjacent to an activating group) is 1. The maximum Gasteiger partial charge on any atom is 0.323 e. The van der Waals surface area contributed by atoms with E-state index >= 15 is 0 Å². The molecule has 0 aromatic carbocycles. The summed E-state index contributed by atoms with van der Waals surface area (Å²) in [6, 6.07) is 0.178. The fourth-order valence-corrected chi connectivity index (χ4v) is 2.55. The molecule has 0 saturated carbocycles. The molecule has 0 aromatic heterocycles. The van der Waals surface area contributed by atoms with Crippen LogP contribution in [0.1, 0.15) is 46.0 Å². The molecular formula is C13H24N2O3. The lowest BCUT2D eigenvalue weighted by Crippen LogP contribution is -2.51. The van der Waals surface area contributed by atoms with Crippen LogP contribution in [-0.4, -0.2) is 52.6 Å². The van der Waals surface area contributed by atoms with Gasteiger partial charge in [-0.3, -0.25) is 4.79 Å². The van der Waals surface area contributed by atoms with Gasteiger partial charge in [-0.2, -0.15) is 0 Å². The van der Waals surface area contributed by atoms with Crippen molar-refractivity contribution in [3.63, 3.8) is 0 Å². The van der Waals surface area contributed by atoms with Gasteiger partial charge in [-0.25, -0.2) is 4.79 Å². The molecule has 1 aliphatic heterocycles. The van der Waals surface area contributed by atoms with E-state index in [-0.39, 0.29) is 12.6 Å². The number of hydrogen-bond donors (Lipinski definition) is 1. The lowest BCUT2D eigenvalue weighted by atomic mass is 9.98. The third kappa shape index (κ3) is 3.89. The predicted octanol–water partition coefficient (Wildman–Crippen LogP) is 2.17. The number of carboxylic acid groups (broad SMARTS) is 1. The second-order valence-electron chi connectivity index (χ2n) is 4.82. The first kappa shape index (κ1) is 14.8. The summed E-state index contributed by atoms with van der Waals surface area (Å²) in [7, 11) is 0. The minimum Gasteiger partial charge on any atom is -0.480 e. The Labute approximate surface area is 109 Å². The van der Waals surface area contributed by atoms with E-state index in [1.165, 1.54) is 11.3 Å². The third-order valence-electron chi connectivity index (χ3n) is 3.47. The van der Waals surface area contributed by atoms with Crippen LogP contribution in [0.5, 0.6) is 0 Å². The Bertz CT molecular complexity index is 292. The maximum atomic E-state index is 12.3. The van der Waals surface area contributed by atoms with Gasteiger partial charge in [0.05, 0.1) is 0 Å². The highest BCUT2D eigenvalue weighted by molar-refractivity contribution is 5.80. The molecule has 1 unspecified atom stereocenters. The predicted molar refractivity (Wildman–Crippen MR) is 69.5 cm³/mol. The summed E-state index contributed by atoms with van der Waals surface area (Å²) in [6.07, 6.45) is 5.30. The fraction of sp³-hybridized carbons (Fsp3) is 0.846. The molecule has 1 heterocycles. The van der Waals surface area contributed by atoms with Gasteiger partial charge in [0.1, 0.15) is 6.54 Å². The van der Waals surface area contributed by atoms with E-state index in [4.69, 9.17) is 5.11 Å². The number of urea groups is 1. The topological polar surface area (TPSA) is 60.9 Å². The van der Waals surface area contributed by atoms with Crippen molar-refractivity contribution in [1.29, 1.82) is 0 Å². The number of amides is 2. The number of nitrogens with zero attached hydrogens (tertiary/aromatic N) is 2. The zero-order valence-electron chi connectivity index (χ0n) is 11.4. The summed E-state index contributed by atoms with van der Waals surface area (Å²) in [6.45, 7) is 4.94. The van der Waals surface area contributed by atoms with Gasteiger partial charge < -0.3 is 14.9 Å². The molecule has 0 radical (unpaired) electrons. The Morgan fingerprint density at radius 3 is 2.61 bits per heavy atom. The van der Waals surface area contributed by atoms with Crippen molar-refractivity contribution in [2.75, 3.05) is 19.6 Å². The molecule has 1 rings (SSSR count). The van der Waals surface area contributed by atoms with E-state index in [9.17, 15) is 9.59 Å². The summed E-state index contributed by atoms with van der Waals surface area (Å²) in [5.41, 5.74) is 0.